The van der Waals surface area contributed by atoms with Crippen LogP contribution in [0.5, 0.6) is 5.75 Å². The van der Waals surface area contributed by atoms with Crippen LogP contribution in [-0.2, 0) is 6.61 Å². The van der Waals surface area contributed by atoms with Gasteiger partial charge in [0.05, 0.1) is 10.6 Å². The normalized spacial score (nSPS) is 15.2. The van der Waals surface area contributed by atoms with Crippen LogP contribution in [0.4, 0.5) is 4.39 Å². The number of piperazine rings is 1. The Morgan fingerprint density at radius 3 is 2.58 bits per heavy atom. The highest BCUT2D eigenvalue weighted by atomic mass is 35.5. The van der Waals surface area contributed by atoms with E-state index in [2.05, 4.69) is 16.8 Å². The monoisotopic (exact) mass is 412 g/mol. The first kappa shape index (κ1) is 19.4. The van der Waals surface area contributed by atoms with Crippen molar-refractivity contribution in [1.29, 1.82) is 0 Å². The third-order valence-corrected chi connectivity index (χ3v) is 5.46. The molecule has 0 spiro atoms. The van der Waals surface area contributed by atoms with Gasteiger partial charge in [-0.25, -0.2) is 4.39 Å². The van der Waals surface area contributed by atoms with Gasteiger partial charge in [-0.15, -0.1) is 0 Å². The lowest BCUT2D eigenvalue weighted by molar-refractivity contribution is 0.217. The van der Waals surface area contributed by atoms with Crippen LogP contribution in [0, 0.1) is 5.82 Å². The summed E-state index contributed by atoms with van der Waals surface area (Å²) in [5.74, 6) is 0.173. The Morgan fingerprint density at radius 2 is 1.88 bits per heavy atom. The Hall–Kier alpha value is -1.40. The van der Waals surface area contributed by atoms with E-state index in [0.717, 1.165) is 31.7 Å². The van der Waals surface area contributed by atoms with Gasteiger partial charge in [0.1, 0.15) is 23.2 Å². The molecule has 7 heteroatoms. The molecule has 0 bridgehead atoms. The quantitative estimate of drug-likeness (QED) is 0.679. The third kappa shape index (κ3) is 4.46. The molecule has 2 aromatic rings. The van der Waals surface area contributed by atoms with Gasteiger partial charge in [0.15, 0.2) is 0 Å². The van der Waals surface area contributed by atoms with Gasteiger partial charge in [0.2, 0.25) is 0 Å². The van der Waals surface area contributed by atoms with Gasteiger partial charge in [-0.1, -0.05) is 41.5 Å². The molecule has 1 aliphatic heterocycles. The summed E-state index contributed by atoms with van der Waals surface area (Å²) in [6.07, 6.45) is 0. The first-order valence-electron chi connectivity index (χ1n) is 8.29. The number of hydrogen-bond acceptors (Lipinski definition) is 3. The van der Waals surface area contributed by atoms with E-state index >= 15 is 0 Å². The molecular weight excluding hydrogens is 394 g/mol. The fourth-order valence-corrected chi connectivity index (χ4v) is 3.53. The summed E-state index contributed by atoms with van der Waals surface area (Å²) < 4.78 is 19.8. The molecule has 0 aliphatic carbocycles. The molecule has 0 atom stereocenters. The van der Waals surface area contributed by atoms with Crippen molar-refractivity contribution in [3.05, 3.63) is 63.4 Å². The largest absolute Gasteiger partial charge is 0.488 e. The minimum absolute atomic E-state index is 0.0193. The molecule has 0 radical (unpaired) electrons. The number of benzene rings is 2. The minimum Gasteiger partial charge on any atom is -0.488 e. The fourth-order valence-electron chi connectivity index (χ4n) is 2.80. The molecule has 0 saturated carbocycles. The van der Waals surface area contributed by atoms with Crippen LogP contribution in [0.3, 0.4) is 0 Å². The Labute approximate surface area is 168 Å². The fraction of sp³-hybridized carbons (Fsp3) is 0.316. The molecule has 0 amide bonds. The van der Waals surface area contributed by atoms with E-state index < -0.39 is 5.82 Å². The van der Waals surface area contributed by atoms with Crippen LogP contribution in [0.15, 0.2) is 36.4 Å². The van der Waals surface area contributed by atoms with E-state index in [1.54, 1.807) is 30.3 Å². The second-order valence-corrected chi connectivity index (χ2v) is 7.46. The number of ether oxygens (including phenoxy) is 1. The molecule has 3 nitrogen and oxygen atoms in total. The Kier molecular flexibility index (Phi) is 6.35. The lowest BCUT2D eigenvalue weighted by Crippen LogP contribution is -2.46. The molecule has 2 aromatic carbocycles. The van der Waals surface area contributed by atoms with Crippen molar-refractivity contribution in [2.75, 3.05) is 33.2 Å². The van der Waals surface area contributed by atoms with Crippen LogP contribution in [0.1, 0.15) is 11.1 Å². The van der Waals surface area contributed by atoms with Crippen molar-refractivity contribution in [3.63, 3.8) is 0 Å². The van der Waals surface area contributed by atoms with E-state index in [1.807, 2.05) is 0 Å². The van der Waals surface area contributed by atoms with Gasteiger partial charge >= 0.3 is 0 Å². The minimum atomic E-state index is -0.394. The highest BCUT2D eigenvalue weighted by molar-refractivity contribution is 7.80. The summed E-state index contributed by atoms with van der Waals surface area (Å²) in [7, 11) is 2.09. The predicted octanol–water partition coefficient (Wildman–Crippen LogP) is 4.63. The average Bonchev–Trinajstić information content (AvgIpc) is 2.62. The zero-order chi connectivity index (χ0) is 18.7. The SMILES string of the molecule is CN1CCN(C(=S)c2cc(Cl)ccc2OCc2c(F)cccc2Cl)CC1. The highest BCUT2D eigenvalue weighted by Gasteiger charge is 2.21. The number of rotatable bonds is 4. The summed E-state index contributed by atoms with van der Waals surface area (Å²) in [6.45, 7) is 3.61. The molecule has 1 fully saturated rings. The summed E-state index contributed by atoms with van der Waals surface area (Å²) in [5, 5.41) is 0.912. The van der Waals surface area contributed by atoms with E-state index in [4.69, 9.17) is 40.2 Å². The Balaban J connectivity index is 1.81. The van der Waals surface area contributed by atoms with Crippen LogP contribution < -0.4 is 4.74 Å². The van der Waals surface area contributed by atoms with E-state index in [0.29, 0.717) is 26.3 Å². The van der Waals surface area contributed by atoms with Crippen molar-refractivity contribution >= 4 is 40.4 Å². The average molecular weight is 413 g/mol. The van der Waals surface area contributed by atoms with Gasteiger partial charge in [0.25, 0.3) is 0 Å². The van der Waals surface area contributed by atoms with E-state index in [-0.39, 0.29) is 6.61 Å². The summed E-state index contributed by atoms with van der Waals surface area (Å²) >= 11 is 17.9. The van der Waals surface area contributed by atoms with Gasteiger partial charge in [0, 0.05) is 36.8 Å². The van der Waals surface area contributed by atoms with Crippen molar-refractivity contribution in [3.8, 4) is 5.75 Å². The molecule has 26 heavy (non-hydrogen) atoms. The van der Waals surface area contributed by atoms with E-state index in [9.17, 15) is 4.39 Å². The zero-order valence-corrected chi connectivity index (χ0v) is 16.7. The number of hydrogen-bond donors (Lipinski definition) is 0. The summed E-state index contributed by atoms with van der Waals surface area (Å²) in [4.78, 5) is 5.09. The number of halogens is 3. The van der Waals surface area contributed by atoms with Crippen LogP contribution in [0.25, 0.3) is 0 Å². The van der Waals surface area contributed by atoms with Crippen LogP contribution in [-0.4, -0.2) is 48.0 Å². The van der Waals surface area contributed by atoms with Crippen molar-refractivity contribution < 1.29 is 9.13 Å². The molecule has 138 valence electrons. The maximum atomic E-state index is 14.0. The molecule has 0 unspecified atom stereocenters. The van der Waals surface area contributed by atoms with Gasteiger partial charge in [-0.3, -0.25) is 0 Å². The number of likely N-dealkylation sites (N-methyl/N-ethyl adjacent to an activating group) is 1. The molecule has 3 rings (SSSR count). The molecule has 1 aliphatic rings. The summed E-state index contributed by atoms with van der Waals surface area (Å²) in [5.41, 5.74) is 1.06. The smallest absolute Gasteiger partial charge is 0.131 e. The van der Waals surface area contributed by atoms with Gasteiger partial charge in [-0.2, -0.15) is 0 Å². The Morgan fingerprint density at radius 1 is 1.15 bits per heavy atom. The van der Waals surface area contributed by atoms with E-state index in [1.165, 1.54) is 6.07 Å². The molecule has 0 N–H and O–H groups in total. The second kappa shape index (κ2) is 8.53. The molecule has 1 saturated heterocycles. The van der Waals surface area contributed by atoms with Gasteiger partial charge in [-0.05, 0) is 37.4 Å². The predicted molar refractivity (Wildman–Crippen MR) is 108 cm³/mol. The van der Waals surface area contributed by atoms with Crippen molar-refractivity contribution in [2.45, 2.75) is 6.61 Å². The van der Waals surface area contributed by atoms with Crippen LogP contribution >= 0.6 is 35.4 Å². The van der Waals surface area contributed by atoms with Crippen molar-refractivity contribution in [2.24, 2.45) is 0 Å². The third-order valence-electron chi connectivity index (χ3n) is 4.40. The molecule has 1 heterocycles. The topological polar surface area (TPSA) is 15.7 Å². The van der Waals surface area contributed by atoms with Crippen LogP contribution in [0.2, 0.25) is 10.0 Å². The first-order valence-corrected chi connectivity index (χ1v) is 9.45. The molecule has 0 aromatic heterocycles. The maximum Gasteiger partial charge on any atom is 0.131 e. The number of thiocarbonyl (C=S) groups is 1. The zero-order valence-electron chi connectivity index (χ0n) is 14.3. The van der Waals surface area contributed by atoms with Crippen molar-refractivity contribution in [1.82, 2.24) is 9.80 Å². The standard InChI is InChI=1S/C19H19Cl2FN2OS/c1-23-7-9-24(10-8-23)19(26)14-11-13(20)5-6-18(14)25-12-15-16(21)3-2-4-17(15)22/h2-6,11H,7-10,12H2,1H3. The maximum absolute atomic E-state index is 14.0. The number of nitrogens with zero attached hydrogens (tertiary/aromatic N) is 2. The van der Waals surface area contributed by atoms with Gasteiger partial charge < -0.3 is 14.5 Å². The lowest BCUT2D eigenvalue weighted by Gasteiger charge is -2.34. The second-order valence-electron chi connectivity index (χ2n) is 6.22. The lowest BCUT2D eigenvalue weighted by atomic mass is 10.1. The molecular formula is C19H19Cl2FN2OS. The Bertz CT molecular complexity index is 790. The summed E-state index contributed by atoms with van der Waals surface area (Å²) in [6, 6.07) is 9.85. The first-order chi connectivity index (χ1) is 12.5. The highest BCUT2D eigenvalue weighted by Crippen LogP contribution is 2.28.